The van der Waals surface area contributed by atoms with Crippen molar-refractivity contribution in [3.8, 4) is 0 Å². The van der Waals surface area contributed by atoms with Crippen LogP contribution >= 0.6 is 11.8 Å². The van der Waals surface area contributed by atoms with Crippen LogP contribution in [0.5, 0.6) is 0 Å². The number of thioether (sulfide) groups is 1. The lowest BCUT2D eigenvalue weighted by Crippen LogP contribution is -2.47. The predicted octanol–water partition coefficient (Wildman–Crippen LogP) is 2.18. The first-order chi connectivity index (χ1) is 7.68. The first-order valence-corrected chi connectivity index (χ1v) is 5.95. The molecule has 0 aliphatic carbocycles. The third kappa shape index (κ3) is 2.19. The Hall–Kier alpha value is -1.49. The van der Waals surface area contributed by atoms with Crippen molar-refractivity contribution < 1.29 is 4.79 Å². The van der Waals surface area contributed by atoms with E-state index in [1.807, 2.05) is 30.3 Å². The fourth-order valence-corrected chi connectivity index (χ4v) is 2.26. The summed E-state index contributed by atoms with van der Waals surface area (Å²) in [5.74, 6) is 0.552. The molecule has 0 radical (unpaired) electrons. The number of hydrogen-bond donors (Lipinski definition) is 1. The molecule has 2 amide bonds. The number of carbonyl (C=O) groups is 1. The highest BCUT2D eigenvalue weighted by atomic mass is 32.2. The minimum atomic E-state index is -0.104. The summed E-state index contributed by atoms with van der Waals surface area (Å²) in [7, 11) is 1.63. The molecule has 4 nitrogen and oxygen atoms in total. The Morgan fingerprint density at radius 3 is 2.75 bits per heavy atom. The number of carbonyl (C=O) groups excluding carboxylic acids is 1. The van der Waals surface area contributed by atoms with Crippen molar-refractivity contribution in [2.24, 2.45) is 0 Å². The number of rotatable bonds is 2. The lowest BCUT2D eigenvalue weighted by molar-refractivity contribution is 0.186. The van der Waals surface area contributed by atoms with Crippen LogP contribution in [0.2, 0.25) is 0 Å². The summed E-state index contributed by atoms with van der Waals surface area (Å²) >= 11 is 1.37. The van der Waals surface area contributed by atoms with Gasteiger partial charge in [-0.15, -0.1) is 0 Å². The van der Waals surface area contributed by atoms with Gasteiger partial charge in [-0.25, -0.2) is 4.79 Å². The average Bonchev–Trinajstić information content (AvgIpc) is 2.31. The van der Waals surface area contributed by atoms with E-state index in [1.54, 1.807) is 11.9 Å². The maximum absolute atomic E-state index is 11.8. The predicted molar refractivity (Wildman–Crippen MR) is 65.3 cm³/mol. The summed E-state index contributed by atoms with van der Waals surface area (Å²) in [6.45, 7) is 0.601. The van der Waals surface area contributed by atoms with Crippen LogP contribution in [0.15, 0.2) is 30.3 Å². The Balaban J connectivity index is 2.06. The Bertz CT molecular complexity index is 407. The van der Waals surface area contributed by atoms with Crippen LogP contribution in [-0.4, -0.2) is 33.9 Å². The zero-order valence-electron chi connectivity index (χ0n) is 9.01. The summed E-state index contributed by atoms with van der Waals surface area (Å²) in [5.41, 5.74) is 1.11. The molecule has 1 aromatic carbocycles. The second-order valence-electron chi connectivity index (χ2n) is 3.60. The highest BCUT2D eigenvalue weighted by Crippen LogP contribution is 2.19. The normalized spacial score (nSPS) is 16.8. The zero-order valence-corrected chi connectivity index (χ0v) is 9.83. The number of amidine groups is 1. The zero-order chi connectivity index (χ0) is 11.5. The molecule has 0 spiro atoms. The molecule has 0 unspecified atom stereocenters. The number of nitrogens with one attached hydrogen (secondary N) is 1. The van der Waals surface area contributed by atoms with Gasteiger partial charge in [0, 0.05) is 13.6 Å². The molecule has 84 valence electrons. The van der Waals surface area contributed by atoms with Crippen molar-refractivity contribution in [3.05, 3.63) is 35.9 Å². The molecular formula is C11H13N3OS. The number of hydrogen-bond acceptors (Lipinski definition) is 3. The van der Waals surface area contributed by atoms with Crippen LogP contribution < -0.4 is 0 Å². The van der Waals surface area contributed by atoms with E-state index in [1.165, 1.54) is 16.7 Å². The molecule has 1 saturated heterocycles. The molecule has 0 bridgehead atoms. The molecule has 1 fully saturated rings. The Morgan fingerprint density at radius 1 is 1.38 bits per heavy atom. The van der Waals surface area contributed by atoms with Gasteiger partial charge in [-0.2, -0.15) is 0 Å². The molecule has 0 saturated carbocycles. The molecular weight excluding hydrogens is 222 g/mol. The van der Waals surface area contributed by atoms with Crippen LogP contribution in [0.25, 0.3) is 0 Å². The average molecular weight is 235 g/mol. The summed E-state index contributed by atoms with van der Waals surface area (Å²) in [4.78, 5) is 14.9. The van der Waals surface area contributed by atoms with Crippen molar-refractivity contribution >= 4 is 23.0 Å². The quantitative estimate of drug-likeness (QED) is 0.854. The molecule has 0 aromatic heterocycles. The second kappa shape index (κ2) is 4.57. The fraction of sp³-hybridized carbons (Fsp3) is 0.273. The van der Waals surface area contributed by atoms with Gasteiger partial charge in [0.25, 0.3) is 0 Å². The van der Waals surface area contributed by atoms with Gasteiger partial charge in [0.1, 0.15) is 0 Å². The van der Waals surface area contributed by atoms with Crippen molar-refractivity contribution in [1.82, 2.24) is 9.80 Å². The summed E-state index contributed by atoms with van der Waals surface area (Å²) < 4.78 is 0. The fourth-order valence-electron chi connectivity index (χ4n) is 1.51. The molecule has 1 N–H and O–H groups in total. The Labute approximate surface area is 98.7 Å². The van der Waals surface area contributed by atoms with Gasteiger partial charge in [0.2, 0.25) is 0 Å². The minimum Gasteiger partial charge on any atom is -0.310 e. The maximum atomic E-state index is 11.8. The van der Waals surface area contributed by atoms with Crippen LogP contribution in [0.4, 0.5) is 4.79 Å². The third-order valence-corrected chi connectivity index (χ3v) is 3.42. The van der Waals surface area contributed by atoms with Crippen LogP contribution in [0.1, 0.15) is 5.56 Å². The standard InChI is InChI=1S/C11H13N3OS/c1-13-10(12)16-8-14(11(13)15)7-9-5-3-2-4-6-9/h2-6,12H,7-8H2,1H3. The molecule has 5 heteroatoms. The van der Waals surface area contributed by atoms with Crippen molar-refractivity contribution in [3.63, 3.8) is 0 Å². The van der Waals surface area contributed by atoms with E-state index in [4.69, 9.17) is 5.41 Å². The van der Waals surface area contributed by atoms with Crippen molar-refractivity contribution in [2.45, 2.75) is 6.54 Å². The van der Waals surface area contributed by atoms with Gasteiger partial charge >= 0.3 is 6.03 Å². The molecule has 1 heterocycles. The first-order valence-electron chi connectivity index (χ1n) is 4.96. The van der Waals surface area contributed by atoms with Gasteiger partial charge in [-0.3, -0.25) is 10.3 Å². The third-order valence-electron chi connectivity index (χ3n) is 2.44. The number of urea groups is 1. The van der Waals surface area contributed by atoms with E-state index in [0.717, 1.165) is 5.56 Å². The van der Waals surface area contributed by atoms with Crippen LogP contribution in [0.3, 0.4) is 0 Å². The van der Waals surface area contributed by atoms with Crippen molar-refractivity contribution in [1.29, 1.82) is 5.41 Å². The van der Waals surface area contributed by atoms with Gasteiger partial charge in [-0.05, 0) is 5.56 Å². The number of benzene rings is 1. The highest BCUT2D eigenvalue weighted by Gasteiger charge is 2.26. The van der Waals surface area contributed by atoms with Crippen molar-refractivity contribution in [2.75, 3.05) is 12.9 Å². The topological polar surface area (TPSA) is 47.4 Å². The highest BCUT2D eigenvalue weighted by molar-refractivity contribution is 8.13. The van der Waals surface area contributed by atoms with Crippen LogP contribution in [-0.2, 0) is 6.54 Å². The largest absolute Gasteiger partial charge is 0.326 e. The summed E-state index contributed by atoms with van der Waals surface area (Å²) in [6.07, 6.45) is 0. The Morgan fingerprint density at radius 2 is 2.06 bits per heavy atom. The number of nitrogens with zero attached hydrogens (tertiary/aromatic N) is 2. The molecule has 0 atom stereocenters. The SMILES string of the molecule is CN1C(=N)SCN(Cc2ccccc2)C1=O. The van der Waals surface area contributed by atoms with E-state index in [0.29, 0.717) is 17.6 Å². The second-order valence-corrected chi connectivity index (χ2v) is 4.54. The van der Waals surface area contributed by atoms with E-state index >= 15 is 0 Å². The van der Waals surface area contributed by atoms with Gasteiger partial charge < -0.3 is 4.90 Å². The molecule has 2 rings (SSSR count). The van der Waals surface area contributed by atoms with E-state index in [-0.39, 0.29) is 6.03 Å². The summed E-state index contributed by atoms with van der Waals surface area (Å²) in [5, 5.41) is 7.85. The molecule has 1 aromatic rings. The van der Waals surface area contributed by atoms with Gasteiger partial charge in [0.05, 0.1) is 5.88 Å². The minimum absolute atomic E-state index is 0.104. The van der Waals surface area contributed by atoms with Gasteiger partial charge in [0.15, 0.2) is 5.17 Å². The monoisotopic (exact) mass is 235 g/mol. The lowest BCUT2D eigenvalue weighted by Gasteiger charge is -2.32. The maximum Gasteiger partial charge on any atom is 0.326 e. The molecule has 1 aliphatic rings. The lowest BCUT2D eigenvalue weighted by atomic mass is 10.2. The van der Waals surface area contributed by atoms with Gasteiger partial charge in [-0.1, -0.05) is 42.1 Å². The van der Waals surface area contributed by atoms with Crippen LogP contribution in [0, 0.1) is 5.41 Å². The van der Waals surface area contributed by atoms with E-state index < -0.39 is 0 Å². The van der Waals surface area contributed by atoms with E-state index in [2.05, 4.69) is 0 Å². The molecule has 16 heavy (non-hydrogen) atoms. The van der Waals surface area contributed by atoms with E-state index in [9.17, 15) is 4.79 Å². The molecule has 1 aliphatic heterocycles. The Kier molecular flexibility index (Phi) is 3.14. The first kappa shape index (κ1) is 11.0. The number of amides is 2. The summed E-state index contributed by atoms with van der Waals surface area (Å²) in [6, 6.07) is 9.77. The smallest absolute Gasteiger partial charge is 0.310 e.